The van der Waals surface area contributed by atoms with Gasteiger partial charge in [-0.1, -0.05) is 18.2 Å². The molecule has 1 aliphatic carbocycles. The summed E-state index contributed by atoms with van der Waals surface area (Å²) in [7, 11) is 1.61. The van der Waals surface area contributed by atoms with Crippen LogP contribution in [0.3, 0.4) is 0 Å². The van der Waals surface area contributed by atoms with Gasteiger partial charge in [-0.3, -0.25) is 0 Å². The number of hydrogen-bond acceptors (Lipinski definition) is 2. The van der Waals surface area contributed by atoms with Gasteiger partial charge in [0, 0.05) is 0 Å². The van der Waals surface area contributed by atoms with Gasteiger partial charge in [0.15, 0.2) is 0 Å². The van der Waals surface area contributed by atoms with E-state index < -0.39 is 0 Å². The molecule has 2 heteroatoms. The molecule has 0 saturated heterocycles. The summed E-state index contributed by atoms with van der Waals surface area (Å²) >= 11 is 0. The third-order valence-electron chi connectivity index (χ3n) is 2.20. The quantitative estimate of drug-likeness (QED) is 0.468. The third kappa shape index (κ3) is 2.36. The maximum atomic E-state index is 4.80. The van der Waals surface area contributed by atoms with Crippen molar-refractivity contribution in [3.05, 3.63) is 11.6 Å². The van der Waals surface area contributed by atoms with E-state index in [9.17, 15) is 0 Å². The Balaban J connectivity index is 2.64. The van der Waals surface area contributed by atoms with Crippen molar-refractivity contribution in [1.29, 1.82) is 0 Å². The van der Waals surface area contributed by atoms with E-state index in [2.05, 4.69) is 18.2 Å². The zero-order valence-electron chi connectivity index (χ0n) is 7.97. The molecule has 0 spiro atoms. The van der Waals surface area contributed by atoms with Crippen molar-refractivity contribution < 1.29 is 4.84 Å². The average Bonchev–Trinajstić information content (AvgIpc) is 2.15. The first kappa shape index (κ1) is 9.30. The summed E-state index contributed by atoms with van der Waals surface area (Å²) in [5.41, 5.74) is 2.52. The fraction of sp³-hybridized carbons (Fsp3) is 0.700. The van der Waals surface area contributed by atoms with Gasteiger partial charge in [0.05, 0.1) is 5.71 Å². The van der Waals surface area contributed by atoms with Gasteiger partial charge in [0.2, 0.25) is 0 Å². The van der Waals surface area contributed by atoms with Crippen molar-refractivity contribution in [2.24, 2.45) is 5.16 Å². The fourth-order valence-electron chi connectivity index (χ4n) is 1.56. The third-order valence-corrected chi connectivity index (χ3v) is 2.20. The van der Waals surface area contributed by atoms with Crippen LogP contribution >= 0.6 is 0 Å². The zero-order valence-corrected chi connectivity index (χ0v) is 7.97. The highest BCUT2D eigenvalue weighted by molar-refractivity contribution is 5.99. The van der Waals surface area contributed by atoms with E-state index in [1.54, 1.807) is 7.11 Å². The van der Waals surface area contributed by atoms with Crippen LogP contribution in [0.25, 0.3) is 0 Å². The van der Waals surface area contributed by atoms with Gasteiger partial charge < -0.3 is 4.84 Å². The molecule has 0 unspecified atom stereocenters. The molecule has 12 heavy (non-hydrogen) atoms. The van der Waals surface area contributed by atoms with Gasteiger partial charge in [-0.15, -0.1) is 0 Å². The average molecular weight is 167 g/mol. The molecule has 1 rings (SSSR count). The minimum atomic E-state index is 0.972. The van der Waals surface area contributed by atoms with Crippen LogP contribution in [0, 0.1) is 0 Å². The number of rotatable bonds is 3. The first-order valence-corrected chi connectivity index (χ1v) is 4.68. The summed E-state index contributed by atoms with van der Waals surface area (Å²) in [6.45, 7) is 2.12. The lowest BCUT2D eigenvalue weighted by Gasteiger charge is -2.12. The van der Waals surface area contributed by atoms with E-state index in [-0.39, 0.29) is 0 Å². The maximum Gasteiger partial charge on any atom is 0.106 e. The van der Waals surface area contributed by atoms with Crippen LogP contribution in [0.5, 0.6) is 0 Å². The lowest BCUT2D eigenvalue weighted by atomic mass is 9.95. The van der Waals surface area contributed by atoms with Gasteiger partial charge in [0.25, 0.3) is 0 Å². The molecule has 0 aromatic rings. The Bertz CT molecular complexity index is 188. The number of oxime groups is 1. The first-order valence-electron chi connectivity index (χ1n) is 4.68. The molecular weight excluding hydrogens is 150 g/mol. The van der Waals surface area contributed by atoms with E-state index in [1.807, 2.05) is 0 Å². The monoisotopic (exact) mass is 167 g/mol. The minimum Gasteiger partial charge on any atom is -0.399 e. The molecule has 0 amide bonds. The summed E-state index contributed by atoms with van der Waals surface area (Å²) < 4.78 is 0. The molecule has 0 fully saturated rings. The van der Waals surface area contributed by atoms with Crippen LogP contribution in [0.2, 0.25) is 0 Å². The second-order valence-electron chi connectivity index (χ2n) is 3.05. The van der Waals surface area contributed by atoms with Crippen LogP contribution in [0.1, 0.15) is 39.0 Å². The minimum absolute atomic E-state index is 0.972. The predicted molar refractivity (Wildman–Crippen MR) is 51.3 cm³/mol. The van der Waals surface area contributed by atoms with Crippen LogP contribution in [-0.4, -0.2) is 12.8 Å². The molecule has 68 valence electrons. The molecule has 0 N–H and O–H groups in total. The molecule has 0 bridgehead atoms. The molecule has 0 aromatic carbocycles. The molecular formula is C10H17NO. The fourth-order valence-corrected chi connectivity index (χ4v) is 1.56. The lowest BCUT2D eigenvalue weighted by Crippen LogP contribution is -2.05. The molecule has 0 heterocycles. The normalized spacial score (nSPS) is 18.8. The highest BCUT2D eigenvalue weighted by Crippen LogP contribution is 2.19. The largest absolute Gasteiger partial charge is 0.399 e. The smallest absolute Gasteiger partial charge is 0.106 e. The predicted octanol–water partition coefficient (Wildman–Crippen LogP) is 2.90. The van der Waals surface area contributed by atoms with Crippen LogP contribution < -0.4 is 0 Å². The molecule has 0 saturated carbocycles. The SMILES string of the molecule is CC/C(=N\OC)C1=CCCCC1. The highest BCUT2D eigenvalue weighted by Gasteiger charge is 2.08. The molecule has 0 radical (unpaired) electrons. The molecule has 0 aliphatic heterocycles. The Morgan fingerprint density at radius 2 is 2.42 bits per heavy atom. The van der Waals surface area contributed by atoms with Crippen LogP contribution in [0.4, 0.5) is 0 Å². The van der Waals surface area contributed by atoms with Gasteiger partial charge in [-0.25, -0.2) is 0 Å². The maximum absolute atomic E-state index is 4.80. The van der Waals surface area contributed by atoms with E-state index >= 15 is 0 Å². The van der Waals surface area contributed by atoms with Crippen molar-refractivity contribution in [2.45, 2.75) is 39.0 Å². The van der Waals surface area contributed by atoms with E-state index in [0.29, 0.717) is 0 Å². The van der Waals surface area contributed by atoms with Crippen LogP contribution in [-0.2, 0) is 4.84 Å². The standard InChI is InChI=1S/C10H17NO/c1-3-10(11-12-2)9-7-5-4-6-8-9/h7H,3-6,8H2,1-2H3/b11-10+. The summed E-state index contributed by atoms with van der Waals surface area (Å²) in [5.74, 6) is 0. The summed E-state index contributed by atoms with van der Waals surface area (Å²) in [6, 6.07) is 0. The van der Waals surface area contributed by atoms with E-state index in [4.69, 9.17) is 4.84 Å². The van der Waals surface area contributed by atoms with Crippen molar-refractivity contribution in [3.8, 4) is 0 Å². The Hall–Kier alpha value is -0.790. The van der Waals surface area contributed by atoms with E-state index in [0.717, 1.165) is 12.1 Å². The zero-order chi connectivity index (χ0) is 8.81. The highest BCUT2D eigenvalue weighted by atomic mass is 16.6. The van der Waals surface area contributed by atoms with Gasteiger partial charge >= 0.3 is 0 Å². The topological polar surface area (TPSA) is 21.6 Å². The Kier molecular flexibility index (Phi) is 3.85. The Morgan fingerprint density at radius 3 is 2.92 bits per heavy atom. The van der Waals surface area contributed by atoms with E-state index in [1.165, 1.54) is 31.3 Å². The van der Waals surface area contributed by atoms with Crippen molar-refractivity contribution in [1.82, 2.24) is 0 Å². The summed E-state index contributed by atoms with van der Waals surface area (Å²) in [5, 5.41) is 4.01. The van der Waals surface area contributed by atoms with Crippen molar-refractivity contribution in [3.63, 3.8) is 0 Å². The first-order chi connectivity index (χ1) is 5.88. The summed E-state index contributed by atoms with van der Waals surface area (Å²) in [4.78, 5) is 4.80. The Morgan fingerprint density at radius 1 is 1.58 bits per heavy atom. The van der Waals surface area contributed by atoms with Gasteiger partial charge in [0.1, 0.15) is 7.11 Å². The lowest BCUT2D eigenvalue weighted by molar-refractivity contribution is 0.212. The van der Waals surface area contributed by atoms with Crippen LogP contribution in [0.15, 0.2) is 16.8 Å². The molecule has 2 nitrogen and oxygen atoms in total. The van der Waals surface area contributed by atoms with Crippen molar-refractivity contribution >= 4 is 5.71 Å². The second kappa shape index (κ2) is 4.96. The number of nitrogens with zero attached hydrogens (tertiary/aromatic N) is 1. The molecule has 1 aliphatic rings. The summed E-state index contributed by atoms with van der Waals surface area (Å²) in [6.07, 6.45) is 8.28. The molecule has 0 atom stereocenters. The molecule has 0 aromatic heterocycles. The van der Waals surface area contributed by atoms with Gasteiger partial charge in [-0.05, 0) is 37.7 Å². The van der Waals surface area contributed by atoms with Crippen molar-refractivity contribution in [2.75, 3.05) is 7.11 Å². The number of allylic oxidation sites excluding steroid dienone is 2. The number of hydrogen-bond donors (Lipinski definition) is 0. The van der Waals surface area contributed by atoms with Gasteiger partial charge in [-0.2, -0.15) is 0 Å². The second-order valence-corrected chi connectivity index (χ2v) is 3.05. The Labute approximate surface area is 74.3 Å².